The van der Waals surface area contributed by atoms with E-state index in [9.17, 15) is 9.59 Å². The quantitative estimate of drug-likeness (QED) is 0.715. The molecule has 172 valence electrons. The summed E-state index contributed by atoms with van der Waals surface area (Å²) in [6.07, 6.45) is 7.00. The van der Waals surface area contributed by atoms with Gasteiger partial charge in [-0.05, 0) is 62.3 Å². The number of nitrogens with one attached hydrogen (secondary N) is 1. The molecule has 0 aliphatic carbocycles. The zero-order valence-corrected chi connectivity index (χ0v) is 18.9. The third kappa shape index (κ3) is 5.48. The fourth-order valence-corrected chi connectivity index (χ4v) is 4.54. The standard InChI is InChI=1S/C24H32N4O4/c1-27-16-21(24(30)25-18-5-7-19(31-2)8-6-18)22(26-27)14-17-9-11-28(12-10-17)23(29)15-20-4-3-13-32-20/h5-8,16-17,20H,3-4,9-15H2,1-2H3,(H,25,30)/t20-/m1/s1. The van der Waals surface area contributed by atoms with Gasteiger partial charge < -0.3 is 19.7 Å². The van der Waals surface area contributed by atoms with Crippen LogP contribution in [0.3, 0.4) is 0 Å². The molecule has 8 heteroatoms. The molecule has 0 radical (unpaired) electrons. The fraction of sp³-hybridized carbons (Fsp3) is 0.542. The van der Waals surface area contributed by atoms with E-state index in [0.29, 0.717) is 23.6 Å². The van der Waals surface area contributed by atoms with Crippen molar-refractivity contribution in [1.29, 1.82) is 0 Å². The monoisotopic (exact) mass is 440 g/mol. The first-order chi connectivity index (χ1) is 15.5. The van der Waals surface area contributed by atoms with Crippen LogP contribution in [0.1, 0.15) is 48.2 Å². The lowest BCUT2D eigenvalue weighted by atomic mass is 9.91. The smallest absolute Gasteiger partial charge is 0.259 e. The summed E-state index contributed by atoms with van der Waals surface area (Å²) < 4.78 is 12.5. The molecule has 2 saturated heterocycles. The van der Waals surface area contributed by atoms with E-state index in [0.717, 1.165) is 63.2 Å². The van der Waals surface area contributed by atoms with Crippen LogP contribution in [-0.2, 0) is 23.0 Å². The molecule has 1 N–H and O–H groups in total. The molecular formula is C24H32N4O4. The number of hydrogen-bond donors (Lipinski definition) is 1. The predicted molar refractivity (Wildman–Crippen MR) is 121 cm³/mol. The third-order valence-corrected chi connectivity index (χ3v) is 6.37. The Hall–Kier alpha value is -2.87. The second-order valence-corrected chi connectivity index (χ2v) is 8.71. The first-order valence-electron chi connectivity index (χ1n) is 11.4. The number of ether oxygens (including phenoxy) is 2. The number of rotatable bonds is 7. The largest absolute Gasteiger partial charge is 0.497 e. The minimum atomic E-state index is -0.164. The maximum Gasteiger partial charge on any atom is 0.259 e. The van der Waals surface area contributed by atoms with E-state index in [2.05, 4.69) is 10.4 Å². The van der Waals surface area contributed by atoms with E-state index >= 15 is 0 Å². The van der Waals surface area contributed by atoms with Crippen LogP contribution in [0.2, 0.25) is 0 Å². The molecular weight excluding hydrogens is 408 g/mol. The molecule has 2 fully saturated rings. The average Bonchev–Trinajstić information content (AvgIpc) is 3.44. The summed E-state index contributed by atoms with van der Waals surface area (Å²) in [6, 6.07) is 7.26. The van der Waals surface area contributed by atoms with Gasteiger partial charge in [-0.1, -0.05) is 0 Å². The molecule has 1 aromatic carbocycles. The van der Waals surface area contributed by atoms with Gasteiger partial charge in [-0.25, -0.2) is 0 Å². The number of anilines is 1. The number of hydrogen-bond acceptors (Lipinski definition) is 5. The maximum absolute atomic E-state index is 12.9. The Balaban J connectivity index is 1.32. The number of aromatic nitrogens is 2. The molecule has 8 nitrogen and oxygen atoms in total. The summed E-state index contributed by atoms with van der Waals surface area (Å²) in [4.78, 5) is 27.4. The number of likely N-dealkylation sites (tertiary alicyclic amines) is 1. The number of methoxy groups -OCH3 is 1. The van der Waals surface area contributed by atoms with Crippen LogP contribution in [0.15, 0.2) is 30.5 Å². The van der Waals surface area contributed by atoms with Crippen LogP contribution in [0.25, 0.3) is 0 Å². The number of piperidine rings is 1. The predicted octanol–water partition coefficient (Wildman–Crippen LogP) is 3.03. The number of benzene rings is 1. The molecule has 2 amide bonds. The summed E-state index contributed by atoms with van der Waals surface area (Å²) in [5, 5.41) is 7.50. The van der Waals surface area contributed by atoms with Crippen molar-refractivity contribution >= 4 is 17.5 Å². The number of carbonyl (C=O) groups is 2. The normalized spacial score (nSPS) is 19.2. The lowest BCUT2D eigenvalue weighted by molar-refractivity contribution is -0.134. The molecule has 1 atom stereocenters. The van der Waals surface area contributed by atoms with E-state index in [1.54, 1.807) is 18.0 Å². The summed E-state index contributed by atoms with van der Waals surface area (Å²) >= 11 is 0. The van der Waals surface area contributed by atoms with E-state index in [1.165, 1.54) is 0 Å². The topological polar surface area (TPSA) is 85.7 Å². The highest BCUT2D eigenvalue weighted by Gasteiger charge is 2.28. The Kier molecular flexibility index (Phi) is 7.09. The third-order valence-electron chi connectivity index (χ3n) is 6.37. The molecule has 0 unspecified atom stereocenters. The Morgan fingerprint density at radius 1 is 1.19 bits per heavy atom. The molecule has 32 heavy (non-hydrogen) atoms. The Labute approximate surface area is 188 Å². The van der Waals surface area contributed by atoms with Crippen LogP contribution < -0.4 is 10.1 Å². The molecule has 0 bridgehead atoms. The lowest BCUT2D eigenvalue weighted by Gasteiger charge is -2.32. The highest BCUT2D eigenvalue weighted by atomic mass is 16.5. The Morgan fingerprint density at radius 2 is 1.94 bits per heavy atom. The molecule has 0 spiro atoms. The molecule has 0 saturated carbocycles. The van der Waals surface area contributed by atoms with Crippen LogP contribution >= 0.6 is 0 Å². The van der Waals surface area contributed by atoms with Crippen LogP contribution in [0.4, 0.5) is 5.69 Å². The summed E-state index contributed by atoms with van der Waals surface area (Å²) in [5.41, 5.74) is 2.12. The van der Waals surface area contributed by atoms with Crippen molar-refractivity contribution in [3.8, 4) is 5.75 Å². The zero-order chi connectivity index (χ0) is 22.5. The van der Waals surface area contributed by atoms with Gasteiger partial charge in [0.2, 0.25) is 5.91 Å². The number of aryl methyl sites for hydroxylation is 1. The summed E-state index contributed by atoms with van der Waals surface area (Å²) in [6.45, 7) is 2.30. The van der Waals surface area contributed by atoms with Crippen LogP contribution in [-0.4, -0.2) is 59.4 Å². The molecule has 2 aliphatic heterocycles. The SMILES string of the molecule is COc1ccc(NC(=O)c2cn(C)nc2CC2CCN(C(=O)C[C@H]3CCCO3)CC2)cc1. The summed E-state index contributed by atoms with van der Waals surface area (Å²) in [7, 11) is 3.44. The molecule has 3 heterocycles. The van der Waals surface area contributed by atoms with Gasteiger partial charge in [0.25, 0.3) is 5.91 Å². The van der Waals surface area contributed by atoms with E-state index in [-0.39, 0.29) is 17.9 Å². The lowest BCUT2D eigenvalue weighted by Crippen LogP contribution is -2.40. The van der Waals surface area contributed by atoms with Gasteiger partial charge >= 0.3 is 0 Å². The first kappa shape index (κ1) is 22.3. The molecule has 1 aromatic heterocycles. The molecule has 2 aliphatic rings. The van der Waals surface area contributed by atoms with Gasteiger partial charge in [-0.3, -0.25) is 14.3 Å². The van der Waals surface area contributed by atoms with E-state index in [1.807, 2.05) is 36.2 Å². The second kappa shape index (κ2) is 10.2. The number of carbonyl (C=O) groups excluding carboxylic acids is 2. The average molecular weight is 441 g/mol. The van der Waals surface area contributed by atoms with E-state index in [4.69, 9.17) is 9.47 Å². The fourth-order valence-electron chi connectivity index (χ4n) is 4.54. The first-order valence-corrected chi connectivity index (χ1v) is 11.4. The van der Waals surface area contributed by atoms with Gasteiger partial charge in [-0.15, -0.1) is 0 Å². The van der Waals surface area contributed by atoms with Crippen molar-refractivity contribution in [2.45, 2.75) is 44.6 Å². The van der Waals surface area contributed by atoms with Gasteiger partial charge in [0, 0.05) is 38.6 Å². The van der Waals surface area contributed by atoms with Gasteiger partial charge in [0.15, 0.2) is 0 Å². The van der Waals surface area contributed by atoms with Crippen molar-refractivity contribution < 1.29 is 19.1 Å². The van der Waals surface area contributed by atoms with Gasteiger partial charge in [0.05, 0.1) is 30.9 Å². The Morgan fingerprint density at radius 3 is 2.59 bits per heavy atom. The minimum Gasteiger partial charge on any atom is -0.497 e. The van der Waals surface area contributed by atoms with Crippen LogP contribution in [0.5, 0.6) is 5.75 Å². The highest BCUT2D eigenvalue weighted by molar-refractivity contribution is 6.05. The van der Waals surface area contributed by atoms with Crippen molar-refractivity contribution in [2.75, 3.05) is 32.1 Å². The van der Waals surface area contributed by atoms with Gasteiger partial charge in [-0.2, -0.15) is 5.10 Å². The zero-order valence-electron chi connectivity index (χ0n) is 18.9. The van der Waals surface area contributed by atoms with Crippen molar-refractivity contribution in [2.24, 2.45) is 13.0 Å². The van der Waals surface area contributed by atoms with Crippen molar-refractivity contribution in [3.05, 3.63) is 41.7 Å². The summed E-state index contributed by atoms with van der Waals surface area (Å²) in [5.74, 6) is 1.19. The molecule has 4 rings (SSSR count). The van der Waals surface area contributed by atoms with Gasteiger partial charge in [0.1, 0.15) is 5.75 Å². The van der Waals surface area contributed by atoms with Crippen molar-refractivity contribution in [1.82, 2.24) is 14.7 Å². The van der Waals surface area contributed by atoms with E-state index < -0.39 is 0 Å². The number of amides is 2. The molecule has 2 aromatic rings. The maximum atomic E-state index is 12.9. The highest BCUT2D eigenvalue weighted by Crippen LogP contribution is 2.25. The van der Waals surface area contributed by atoms with Crippen LogP contribution in [0, 0.1) is 5.92 Å². The minimum absolute atomic E-state index is 0.0977. The Bertz CT molecular complexity index is 926. The van der Waals surface area contributed by atoms with Crippen molar-refractivity contribution in [3.63, 3.8) is 0 Å². The number of nitrogens with zero attached hydrogens (tertiary/aromatic N) is 3. The second-order valence-electron chi connectivity index (χ2n) is 8.71.